The lowest BCUT2D eigenvalue weighted by molar-refractivity contribution is -0.0279. The third-order valence-corrected chi connectivity index (χ3v) is 11.2. The molecule has 0 N–H and O–H groups in total. The molecule has 4 rings (SSSR count). The van der Waals surface area contributed by atoms with Crippen LogP contribution >= 0.6 is 0 Å². The molecule has 0 radical (unpaired) electrons. The van der Waals surface area contributed by atoms with Crippen molar-refractivity contribution in [3.63, 3.8) is 0 Å². The van der Waals surface area contributed by atoms with Crippen molar-refractivity contribution in [1.82, 2.24) is 0 Å². The predicted molar refractivity (Wildman–Crippen MR) is 209 cm³/mol. The standard InChI is InChI=1S/C46H58O5/c1-12-30(5)43(47)35-16-22-39(23-17-35)50-40-24-18-36(19-25-40)44(48)45(10,14-3)46(11,15-4)51-42-27-21-38(29-32(42)7)34(9)37-20-26-41(31(6)28-37)49-33(8)13-2/h16-30,33-34H,12-15H2,1-11H3. The summed E-state index contributed by atoms with van der Waals surface area (Å²) in [5.74, 6) is 3.34. The lowest BCUT2D eigenvalue weighted by atomic mass is 9.66. The van der Waals surface area contributed by atoms with Crippen molar-refractivity contribution in [3.05, 3.63) is 118 Å². The number of hydrogen-bond acceptors (Lipinski definition) is 5. The Morgan fingerprint density at radius 1 is 0.647 bits per heavy atom. The molecule has 272 valence electrons. The van der Waals surface area contributed by atoms with Gasteiger partial charge in [-0.3, -0.25) is 9.59 Å². The van der Waals surface area contributed by atoms with Crippen LogP contribution in [0.5, 0.6) is 23.0 Å². The van der Waals surface area contributed by atoms with Gasteiger partial charge in [0.2, 0.25) is 0 Å². The first-order chi connectivity index (χ1) is 24.2. The first-order valence-electron chi connectivity index (χ1n) is 18.7. The van der Waals surface area contributed by atoms with E-state index in [-0.39, 0.29) is 29.5 Å². The number of rotatable bonds is 17. The molecule has 0 bridgehead atoms. The zero-order chi connectivity index (χ0) is 37.5. The van der Waals surface area contributed by atoms with Crippen LogP contribution in [-0.4, -0.2) is 23.3 Å². The third-order valence-electron chi connectivity index (χ3n) is 11.2. The number of Topliss-reactive ketones (excluding diaryl/α,β-unsaturated/α-hetero) is 2. The second-order valence-corrected chi connectivity index (χ2v) is 14.6. The second-order valence-electron chi connectivity index (χ2n) is 14.6. The fraction of sp³-hybridized carbons (Fsp3) is 0.435. The van der Waals surface area contributed by atoms with Crippen molar-refractivity contribution in [1.29, 1.82) is 0 Å². The zero-order valence-electron chi connectivity index (χ0n) is 32.7. The molecule has 0 aliphatic heterocycles. The van der Waals surface area contributed by atoms with Crippen LogP contribution in [-0.2, 0) is 0 Å². The smallest absolute Gasteiger partial charge is 0.172 e. The van der Waals surface area contributed by atoms with Crippen LogP contribution in [0.2, 0.25) is 0 Å². The summed E-state index contributed by atoms with van der Waals surface area (Å²) in [5, 5.41) is 0. The molecule has 0 aliphatic rings. The van der Waals surface area contributed by atoms with E-state index in [4.69, 9.17) is 14.2 Å². The van der Waals surface area contributed by atoms with Crippen LogP contribution in [0.3, 0.4) is 0 Å². The number of carbonyl (C=O) groups is 2. The van der Waals surface area contributed by atoms with E-state index in [1.807, 2.05) is 57.2 Å². The van der Waals surface area contributed by atoms with E-state index in [0.29, 0.717) is 35.5 Å². The second kappa shape index (κ2) is 16.8. The molecule has 0 saturated carbocycles. The third kappa shape index (κ3) is 8.75. The van der Waals surface area contributed by atoms with Gasteiger partial charge in [0.05, 0.1) is 11.5 Å². The van der Waals surface area contributed by atoms with E-state index >= 15 is 0 Å². The normalized spacial score (nSPS) is 15.5. The first kappa shape index (κ1) is 39.4. The van der Waals surface area contributed by atoms with Crippen molar-refractivity contribution in [3.8, 4) is 23.0 Å². The Balaban J connectivity index is 1.49. The largest absolute Gasteiger partial charge is 0.490 e. The number of ether oxygens (including phenoxy) is 3. The summed E-state index contributed by atoms with van der Waals surface area (Å²) in [4.78, 5) is 26.8. The van der Waals surface area contributed by atoms with Crippen molar-refractivity contribution < 1.29 is 23.8 Å². The van der Waals surface area contributed by atoms with Gasteiger partial charge >= 0.3 is 0 Å². The SMILES string of the molecule is CCC(C)Oc1ccc(C(C)c2ccc(OC(C)(CC)C(C)(CC)C(=O)c3ccc(Oc4ccc(C(=O)C(C)CC)cc4)cc3)c(C)c2)cc1C. The summed E-state index contributed by atoms with van der Waals surface area (Å²) in [6.07, 6.45) is 3.23. The van der Waals surface area contributed by atoms with Crippen LogP contribution in [0.4, 0.5) is 0 Å². The lowest BCUT2D eigenvalue weighted by Crippen LogP contribution is -2.52. The minimum Gasteiger partial charge on any atom is -0.490 e. The van der Waals surface area contributed by atoms with Crippen molar-refractivity contribution in [2.45, 2.75) is 119 Å². The quantitative estimate of drug-likeness (QED) is 0.103. The molecule has 5 atom stereocenters. The van der Waals surface area contributed by atoms with Gasteiger partial charge < -0.3 is 14.2 Å². The molecule has 0 aromatic heterocycles. The first-order valence-corrected chi connectivity index (χ1v) is 18.7. The van der Waals surface area contributed by atoms with Gasteiger partial charge in [-0.1, -0.05) is 65.8 Å². The number of ketones is 2. The number of hydrogen-bond donors (Lipinski definition) is 0. The van der Waals surface area contributed by atoms with Gasteiger partial charge in [-0.15, -0.1) is 0 Å². The van der Waals surface area contributed by atoms with Crippen LogP contribution in [0.1, 0.15) is 137 Å². The van der Waals surface area contributed by atoms with Gasteiger partial charge in [-0.2, -0.15) is 0 Å². The molecule has 5 unspecified atom stereocenters. The molecule has 5 heteroatoms. The Morgan fingerprint density at radius 3 is 1.61 bits per heavy atom. The van der Waals surface area contributed by atoms with Crippen molar-refractivity contribution >= 4 is 11.6 Å². The highest BCUT2D eigenvalue weighted by Gasteiger charge is 2.50. The fourth-order valence-corrected chi connectivity index (χ4v) is 6.50. The summed E-state index contributed by atoms with van der Waals surface area (Å²) in [6, 6.07) is 27.4. The van der Waals surface area contributed by atoms with E-state index in [1.165, 1.54) is 11.1 Å². The van der Waals surface area contributed by atoms with E-state index < -0.39 is 11.0 Å². The molecule has 0 spiro atoms. The topological polar surface area (TPSA) is 61.8 Å². The number of benzene rings is 4. The minimum atomic E-state index is -0.795. The van der Waals surface area contributed by atoms with Crippen molar-refractivity contribution in [2.75, 3.05) is 0 Å². The molecule has 0 amide bonds. The van der Waals surface area contributed by atoms with Gasteiger partial charge in [-0.25, -0.2) is 0 Å². The highest BCUT2D eigenvalue weighted by Crippen LogP contribution is 2.44. The molecular formula is C46H58O5. The number of carbonyl (C=O) groups excluding carboxylic acids is 2. The summed E-state index contributed by atoms with van der Waals surface area (Å²) >= 11 is 0. The summed E-state index contributed by atoms with van der Waals surface area (Å²) < 4.78 is 19.0. The molecule has 51 heavy (non-hydrogen) atoms. The molecule has 0 fully saturated rings. The Bertz CT molecular complexity index is 1790. The van der Waals surface area contributed by atoms with Crippen molar-refractivity contribution in [2.24, 2.45) is 11.3 Å². The van der Waals surface area contributed by atoms with E-state index in [0.717, 1.165) is 35.5 Å². The van der Waals surface area contributed by atoms with Gasteiger partial charge in [-0.05, 0) is 143 Å². The monoisotopic (exact) mass is 690 g/mol. The molecule has 4 aromatic carbocycles. The average Bonchev–Trinajstić information content (AvgIpc) is 3.15. The van der Waals surface area contributed by atoms with Crippen LogP contribution in [0, 0.1) is 25.2 Å². The molecule has 4 aromatic rings. The van der Waals surface area contributed by atoms with Crippen LogP contribution in [0.25, 0.3) is 0 Å². The molecule has 5 nitrogen and oxygen atoms in total. The van der Waals surface area contributed by atoms with Gasteiger partial charge in [0.15, 0.2) is 11.6 Å². The average molecular weight is 691 g/mol. The summed E-state index contributed by atoms with van der Waals surface area (Å²) in [7, 11) is 0. The maximum atomic E-state index is 14.3. The maximum absolute atomic E-state index is 14.3. The molecular weight excluding hydrogens is 633 g/mol. The van der Waals surface area contributed by atoms with E-state index in [9.17, 15) is 9.59 Å². The van der Waals surface area contributed by atoms with Gasteiger partial charge in [0, 0.05) is 23.0 Å². The highest BCUT2D eigenvalue weighted by molar-refractivity contribution is 6.01. The van der Waals surface area contributed by atoms with E-state index in [1.54, 1.807) is 12.1 Å². The Kier molecular flexibility index (Phi) is 12.9. The van der Waals surface area contributed by atoms with E-state index in [2.05, 4.69) is 91.8 Å². The van der Waals surface area contributed by atoms with Crippen LogP contribution in [0.15, 0.2) is 84.9 Å². The summed E-state index contributed by atoms with van der Waals surface area (Å²) in [6.45, 7) is 22.8. The minimum absolute atomic E-state index is 0.0110. The molecule has 0 aliphatic carbocycles. The Labute approximate surface area is 306 Å². The van der Waals surface area contributed by atoms with Gasteiger partial charge in [0.1, 0.15) is 28.6 Å². The summed E-state index contributed by atoms with van der Waals surface area (Å²) in [5.41, 5.74) is 4.37. The number of aryl methyl sites for hydroxylation is 2. The molecule has 0 saturated heterocycles. The predicted octanol–water partition coefficient (Wildman–Crippen LogP) is 12.5. The van der Waals surface area contributed by atoms with Crippen LogP contribution < -0.4 is 14.2 Å². The van der Waals surface area contributed by atoms with Gasteiger partial charge in [0.25, 0.3) is 0 Å². The Morgan fingerprint density at radius 2 is 1.16 bits per heavy atom. The maximum Gasteiger partial charge on any atom is 0.172 e. The molecule has 0 heterocycles. The Hall–Kier alpha value is -4.38. The zero-order valence-corrected chi connectivity index (χ0v) is 32.7. The lowest BCUT2D eigenvalue weighted by Gasteiger charge is -2.45. The fourth-order valence-electron chi connectivity index (χ4n) is 6.50. The highest BCUT2D eigenvalue weighted by atomic mass is 16.5.